The summed E-state index contributed by atoms with van der Waals surface area (Å²) in [5, 5.41) is 4.55. The Hall–Kier alpha value is -2.81. The highest BCUT2D eigenvalue weighted by molar-refractivity contribution is 7.99. The van der Waals surface area contributed by atoms with Crippen molar-refractivity contribution in [3.05, 3.63) is 79.9 Å². The molecule has 0 fully saturated rings. The van der Waals surface area contributed by atoms with E-state index in [0.717, 1.165) is 40.6 Å². The number of aromatic nitrogens is 2. The number of anilines is 1. The van der Waals surface area contributed by atoms with Gasteiger partial charge in [-0.05, 0) is 48.6 Å². The summed E-state index contributed by atoms with van der Waals surface area (Å²) >= 11 is 9.03. The lowest BCUT2D eigenvalue weighted by atomic mass is 10.2. The van der Waals surface area contributed by atoms with Crippen LogP contribution in [0.15, 0.2) is 58.5 Å². The van der Waals surface area contributed by atoms with Gasteiger partial charge in [0.15, 0.2) is 5.16 Å². The molecule has 0 unspecified atom stereocenters. The van der Waals surface area contributed by atoms with Gasteiger partial charge in [0.1, 0.15) is 10.6 Å². The van der Waals surface area contributed by atoms with E-state index in [1.165, 1.54) is 23.7 Å². The highest BCUT2D eigenvalue weighted by Gasteiger charge is 2.23. The monoisotopic (exact) mass is 511 g/mol. The molecule has 174 valence electrons. The van der Waals surface area contributed by atoms with E-state index in [9.17, 15) is 9.59 Å². The SMILES string of the molecule is COc1ccc(NC(=O)CSc2nc3sc4c(c3c(=O)n2Cc2ccccc2)CCC4)cc1Cl. The Kier molecular flexibility index (Phi) is 6.63. The molecule has 1 amide bonds. The molecule has 0 saturated carbocycles. The molecule has 6 nitrogen and oxygen atoms in total. The second-order valence-corrected chi connectivity index (χ2v) is 10.4. The highest BCUT2D eigenvalue weighted by atomic mass is 35.5. The molecule has 5 rings (SSSR count). The van der Waals surface area contributed by atoms with Crippen LogP contribution in [0.4, 0.5) is 5.69 Å². The van der Waals surface area contributed by atoms with Crippen molar-refractivity contribution in [2.24, 2.45) is 0 Å². The van der Waals surface area contributed by atoms with Gasteiger partial charge in [0.05, 0.1) is 29.8 Å². The van der Waals surface area contributed by atoms with Gasteiger partial charge >= 0.3 is 0 Å². The number of thiophene rings is 1. The quantitative estimate of drug-likeness (QED) is 0.266. The molecule has 1 N–H and O–H groups in total. The molecule has 0 saturated heterocycles. The molecule has 0 spiro atoms. The molecule has 0 atom stereocenters. The summed E-state index contributed by atoms with van der Waals surface area (Å²) in [6.45, 7) is 0.408. The van der Waals surface area contributed by atoms with Gasteiger partial charge in [-0.2, -0.15) is 0 Å². The van der Waals surface area contributed by atoms with Crippen LogP contribution in [-0.4, -0.2) is 28.3 Å². The van der Waals surface area contributed by atoms with Gasteiger partial charge in [0, 0.05) is 10.6 Å². The minimum Gasteiger partial charge on any atom is -0.495 e. The Morgan fingerprint density at radius 3 is 2.82 bits per heavy atom. The van der Waals surface area contributed by atoms with E-state index in [2.05, 4.69) is 5.32 Å². The molecule has 2 aromatic carbocycles. The van der Waals surface area contributed by atoms with Crippen LogP contribution < -0.4 is 15.6 Å². The Morgan fingerprint density at radius 1 is 1.24 bits per heavy atom. The van der Waals surface area contributed by atoms with E-state index >= 15 is 0 Å². The number of ether oxygens (including phenoxy) is 1. The van der Waals surface area contributed by atoms with Crippen LogP contribution in [0.5, 0.6) is 5.75 Å². The summed E-state index contributed by atoms with van der Waals surface area (Å²) in [6.07, 6.45) is 3.02. The van der Waals surface area contributed by atoms with Gasteiger partial charge < -0.3 is 10.1 Å². The van der Waals surface area contributed by atoms with Gasteiger partial charge in [-0.15, -0.1) is 11.3 Å². The van der Waals surface area contributed by atoms with Gasteiger partial charge in [-0.1, -0.05) is 53.7 Å². The molecule has 0 aliphatic heterocycles. The number of hydrogen-bond donors (Lipinski definition) is 1. The molecule has 0 radical (unpaired) electrons. The Labute approximate surface area is 209 Å². The third-order valence-electron chi connectivity index (χ3n) is 5.74. The number of aryl methyl sites for hydroxylation is 2. The van der Waals surface area contributed by atoms with Crippen LogP contribution in [0.1, 0.15) is 22.4 Å². The number of benzene rings is 2. The molecule has 1 aliphatic carbocycles. The molecular weight excluding hydrogens is 490 g/mol. The van der Waals surface area contributed by atoms with Crippen LogP contribution in [0, 0.1) is 0 Å². The number of nitrogens with zero attached hydrogens (tertiary/aromatic N) is 2. The predicted molar refractivity (Wildman–Crippen MR) is 139 cm³/mol. The van der Waals surface area contributed by atoms with E-state index < -0.39 is 0 Å². The van der Waals surface area contributed by atoms with Gasteiger partial charge in [0.2, 0.25) is 5.91 Å². The summed E-state index contributed by atoms with van der Waals surface area (Å²) in [5.74, 6) is 0.446. The summed E-state index contributed by atoms with van der Waals surface area (Å²) in [5.41, 5.74) is 2.72. The summed E-state index contributed by atoms with van der Waals surface area (Å²) in [4.78, 5) is 33.1. The van der Waals surface area contributed by atoms with Crippen molar-refractivity contribution in [3.63, 3.8) is 0 Å². The molecule has 1 aliphatic rings. The van der Waals surface area contributed by atoms with Crippen molar-refractivity contribution in [2.45, 2.75) is 31.0 Å². The van der Waals surface area contributed by atoms with Crippen LogP contribution in [0.2, 0.25) is 5.02 Å². The molecule has 4 aromatic rings. The first kappa shape index (κ1) is 23.0. The van der Waals surface area contributed by atoms with Crippen molar-refractivity contribution in [1.29, 1.82) is 0 Å². The van der Waals surface area contributed by atoms with Crippen LogP contribution >= 0.6 is 34.7 Å². The Balaban J connectivity index is 1.42. The highest BCUT2D eigenvalue weighted by Crippen LogP contribution is 2.35. The van der Waals surface area contributed by atoms with Crippen LogP contribution in [0.3, 0.4) is 0 Å². The number of amides is 1. The lowest BCUT2D eigenvalue weighted by Gasteiger charge is -2.13. The molecule has 34 heavy (non-hydrogen) atoms. The molecule has 9 heteroatoms. The maximum absolute atomic E-state index is 13.6. The van der Waals surface area contributed by atoms with Crippen molar-refractivity contribution >= 4 is 56.5 Å². The van der Waals surface area contributed by atoms with Gasteiger partial charge in [0.25, 0.3) is 5.56 Å². The summed E-state index contributed by atoms with van der Waals surface area (Å²) in [6, 6.07) is 14.9. The fourth-order valence-electron chi connectivity index (χ4n) is 4.15. The fraction of sp³-hybridized carbons (Fsp3) is 0.240. The second-order valence-electron chi connectivity index (χ2n) is 7.99. The summed E-state index contributed by atoms with van der Waals surface area (Å²) < 4.78 is 6.85. The van der Waals surface area contributed by atoms with E-state index in [-0.39, 0.29) is 17.2 Å². The first-order chi connectivity index (χ1) is 16.5. The number of halogens is 1. The maximum Gasteiger partial charge on any atom is 0.263 e. The van der Waals surface area contributed by atoms with E-state index in [1.54, 1.807) is 34.1 Å². The van der Waals surface area contributed by atoms with E-state index in [4.69, 9.17) is 21.3 Å². The number of methoxy groups -OCH3 is 1. The number of carbonyl (C=O) groups is 1. The van der Waals surface area contributed by atoms with Gasteiger partial charge in [-0.25, -0.2) is 4.98 Å². The standard InChI is InChI=1S/C25H22ClN3O3S2/c1-32-19-11-10-16(12-18(19)26)27-21(30)14-33-25-28-23-22(17-8-5-9-20(17)34-23)24(31)29(25)13-15-6-3-2-4-7-15/h2-4,6-7,10-12H,5,8-9,13-14H2,1H3,(H,27,30). The largest absolute Gasteiger partial charge is 0.495 e. The Bertz CT molecular complexity index is 1430. The summed E-state index contributed by atoms with van der Waals surface area (Å²) in [7, 11) is 1.54. The maximum atomic E-state index is 13.6. The molecule has 2 heterocycles. The zero-order valence-electron chi connectivity index (χ0n) is 18.5. The fourth-order valence-corrected chi connectivity index (χ4v) is 6.50. The average Bonchev–Trinajstić information content (AvgIpc) is 3.42. The molecule has 2 aromatic heterocycles. The van der Waals surface area contributed by atoms with Crippen molar-refractivity contribution in [2.75, 3.05) is 18.2 Å². The minimum absolute atomic E-state index is 0.0295. The molecular formula is C25H22ClN3O3S2. The van der Waals surface area contributed by atoms with Gasteiger partial charge in [-0.3, -0.25) is 14.2 Å². The number of nitrogens with one attached hydrogen (secondary N) is 1. The Morgan fingerprint density at radius 2 is 2.06 bits per heavy atom. The number of carbonyl (C=O) groups excluding carboxylic acids is 1. The second kappa shape index (κ2) is 9.82. The average molecular weight is 512 g/mol. The zero-order valence-corrected chi connectivity index (χ0v) is 20.9. The van der Waals surface area contributed by atoms with Crippen LogP contribution in [0.25, 0.3) is 10.2 Å². The van der Waals surface area contributed by atoms with Crippen molar-refractivity contribution in [3.8, 4) is 5.75 Å². The third kappa shape index (κ3) is 4.58. The van der Waals surface area contributed by atoms with Crippen LogP contribution in [-0.2, 0) is 24.2 Å². The first-order valence-electron chi connectivity index (χ1n) is 10.9. The normalized spacial score (nSPS) is 12.6. The van der Waals surface area contributed by atoms with E-state index in [0.29, 0.717) is 28.2 Å². The topological polar surface area (TPSA) is 73.2 Å². The predicted octanol–water partition coefficient (Wildman–Crippen LogP) is 5.39. The minimum atomic E-state index is -0.208. The number of hydrogen-bond acceptors (Lipinski definition) is 6. The lowest BCUT2D eigenvalue weighted by molar-refractivity contribution is -0.113. The van der Waals surface area contributed by atoms with Crippen molar-refractivity contribution < 1.29 is 9.53 Å². The number of rotatable bonds is 7. The van der Waals surface area contributed by atoms with E-state index in [1.807, 2.05) is 30.3 Å². The number of thioether (sulfide) groups is 1. The van der Waals surface area contributed by atoms with Crippen molar-refractivity contribution in [1.82, 2.24) is 9.55 Å². The smallest absolute Gasteiger partial charge is 0.263 e. The zero-order chi connectivity index (χ0) is 23.7. The molecule has 0 bridgehead atoms. The third-order valence-corrected chi connectivity index (χ3v) is 8.20. The lowest BCUT2D eigenvalue weighted by Crippen LogP contribution is -2.25. The number of fused-ring (bicyclic) bond motifs is 3. The first-order valence-corrected chi connectivity index (χ1v) is 13.1.